The molecule has 0 aliphatic carbocycles. The fourth-order valence-electron chi connectivity index (χ4n) is 2.33. The summed E-state index contributed by atoms with van der Waals surface area (Å²) in [6.45, 7) is 0. The topological polar surface area (TPSA) is 140 Å². The summed E-state index contributed by atoms with van der Waals surface area (Å²) in [7, 11) is 0. The third-order valence-corrected chi connectivity index (χ3v) is 3.42. The number of hydrogen-bond donors (Lipinski definition) is 4. The van der Waals surface area contributed by atoms with Crippen LogP contribution in [-0.4, -0.2) is 59.3 Å². The molecule has 1 aliphatic rings. The third kappa shape index (κ3) is 2.01. The van der Waals surface area contributed by atoms with Crippen LogP contribution >= 0.6 is 0 Å². The lowest BCUT2D eigenvalue weighted by atomic mass is 10.1. The SMILES string of the molecule is C#C[C@@H](O)[C@H]1OC(n2cnc3c(N)ncnc32)[C@H](O)[C@@H]1O. The maximum absolute atomic E-state index is 10.1. The second-order valence-electron chi connectivity index (χ2n) is 4.67. The molecule has 3 rings (SSSR count). The van der Waals surface area contributed by atoms with E-state index in [0.29, 0.717) is 11.2 Å². The maximum atomic E-state index is 10.1. The van der Waals surface area contributed by atoms with Crippen molar-refractivity contribution in [1.29, 1.82) is 0 Å². The number of nitrogen functional groups attached to an aromatic ring is 1. The Morgan fingerprint density at radius 1 is 1.33 bits per heavy atom. The molecule has 0 bridgehead atoms. The Balaban J connectivity index is 2.00. The van der Waals surface area contributed by atoms with Gasteiger partial charge in [0.2, 0.25) is 0 Å². The number of fused-ring (bicyclic) bond motifs is 1. The number of anilines is 1. The molecule has 9 heteroatoms. The number of rotatable bonds is 2. The Morgan fingerprint density at radius 3 is 2.81 bits per heavy atom. The summed E-state index contributed by atoms with van der Waals surface area (Å²) < 4.78 is 6.87. The first-order valence-corrected chi connectivity index (χ1v) is 6.13. The molecule has 0 saturated carbocycles. The lowest BCUT2D eigenvalue weighted by Crippen LogP contribution is -2.37. The van der Waals surface area contributed by atoms with Gasteiger partial charge in [0.15, 0.2) is 17.7 Å². The van der Waals surface area contributed by atoms with Gasteiger partial charge >= 0.3 is 0 Å². The van der Waals surface area contributed by atoms with Crippen LogP contribution in [0.15, 0.2) is 12.7 Å². The van der Waals surface area contributed by atoms with Crippen LogP contribution in [0.2, 0.25) is 0 Å². The van der Waals surface area contributed by atoms with Crippen molar-refractivity contribution >= 4 is 17.0 Å². The summed E-state index contributed by atoms with van der Waals surface area (Å²) in [6, 6.07) is 0. The first kappa shape index (κ1) is 13.7. The fourth-order valence-corrected chi connectivity index (χ4v) is 2.33. The quantitative estimate of drug-likeness (QED) is 0.467. The average molecular weight is 291 g/mol. The van der Waals surface area contributed by atoms with Gasteiger partial charge in [-0.3, -0.25) is 4.57 Å². The Kier molecular flexibility index (Phi) is 3.23. The van der Waals surface area contributed by atoms with E-state index in [2.05, 4.69) is 20.9 Å². The highest BCUT2D eigenvalue weighted by Crippen LogP contribution is 2.33. The molecule has 21 heavy (non-hydrogen) atoms. The van der Waals surface area contributed by atoms with Crippen molar-refractivity contribution in [1.82, 2.24) is 19.5 Å². The average Bonchev–Trinajstić information content (AvgIpc) is 3.02. The van der Waals surface area contributed by atoms with E-state index in [1.54, 1.807) is 0 Å². The number of aliphatic hydroxyl groups excluding tert-OH is 3. The summed E-state index contributed by atoms with van der Waals surface area (Å²) in [4.78, 5) is 11.9. The molecule has 1 fully saturated rings. The summed E-state index contributed by atoms with van der Waals surface area (Å²) >= 11 is 0. The molecule has 0 amide bonds. The molecule has 0 radical (unpaired) electrons. The first-order valence-electron chi connectivity index (χ1n) is 6.13. The van der Waals surface area contributed by atoms with Crippen LogP contribution in [0.1, 0.15) is 6.23 Å². The van der Waals surface area contributed by atoms with Gasteiger partial charge in [0.25, 0.3) is 0 Å². The molecule has 5 atom stereocenters. The lowest BCUT2D eigenvalue weighted by Gasteiger charge is -2.16. The molecule has 3 heterocycles. The first-order chi connectivity index (χ1) is 10.0. The van der Waals surface area contributed by atoms with Crippen molar-refractivity contribution < 1.29 is 20.1 Å². The largest absolute Gasteiger partial charge is 0.387 e. The molecular formula is C12H13N5O4. The summed E-state index contributed by atoms with van der Waals surface area (Å²) in [6.07, 6.45) is 1.65. The van der Waals surface area contributed by atoms with Crippen LogP contribution in [0, 0.1) is 12.3 Å². The van der Waals surface area contributed by atoms with Crippen LogP contribution in [0.5, 0.6) is 0 Å². The van der Waals surface area contributed by atoms with E-state index in [1.807, 2.05) is 0 Å². The van der Waals surface area contributed by atoms with E-state index >= 15 is 0 Å². The van der Waals surface area contributed by atoms with E-state index < -0.39 is 30.6 Å². The van der Waals surface area contributed by atoms with Gasteiger partial charge in [0, 0.05) is 0 Å². The molecule has 5 N–H and O–H groups in total. The second kappa shape index (κ2) is 4.94. The van der Waals surface area contributed by atoms with Crippen molar-refractivity contribution in [3.63, 3.8) is 0 Å². The fraction of sp³-hybridized carbons (Fsp3) is 0.417. The van der Waals surface area contributed by atoms with Crippen molar-refractivity contribution in [2.45, 2.75) is 30.6 Å². The number of nitrogens with two attached hydrogens (primary N) is 1. The molecule has 0 spiro atoms. The number of aliphatic hydroxyl groups is 3. The van der Waals surface area contributed by atoms with Gasteiger partial charge < -0.3 is 25.8 Å². The van der Waals surface area contributed by atoms with Gasteiger partial charge in [-0.25, -0.2) is 15.0 Å². The Morgan fingerprint density at radius 2 is 2.10 bits per heavy atom. The number of imidazole rings is 1. The monoisotopic (exact) mass is 291 g/mol. The van der Waals surface area contributed by atoms with E-state index in [0.717, 1.165) is 0 Å². The van der Waals surface area contributed by atoms with Gasteiger partial charge in [-0.05, 0) is 0 Å². The summed E-state index contributed by atoms with van der Waals surface area (Å²) in [5.74, 6) is 2.25. The van der Waals surface area contributed by atoms with E-state index in [1.165, 1.54) is 17.2 Å². The van der Waals surface area contributed by atoms with Crippen LogP contribution in [0.3, 0.4) is 0 Å². The molecule has 2 aromatic heterocycles. The number of nitrogens with zero attached hydrogens (tertiary/aromatic N) is 4. The normalized spacial score (nSPS) is 30.4. The Labute approximate surface area is 119 Å². The molecule has 110 valence electrons. The minimum Gasteiger partial charge on any atom is -0.387 e. The zero-order chi connectivity index (χ0) is 15.1. The summed E-state index contributed by atoms with van der Waals surface area (Å²) in [5.41, 5.74) is 6.37. The number of aromatic nitrogens is 4. The molecule has 9 nitrogen and oxygen atoms in total. The Bertz CT molecular complexity index is 711. The minimum absolute atomic E-state index is 0.187. The zero-order valence-corrected chi connectivity index (χ0v) is 10.7. The smallest absolute Gasteiger partial charge is 0.167 e. The van der Waals surface area contributed by atoms with Crippen molar-refractivity contribution in [2.24, 2.45) is 0 Å². The van der Waals surface area contributed by atoms with E-state index in [9.17, 15) is 15.3 Å². The van der Waals surface area contributed by atoms with Crippen LogP contribution in [0.25, 0.3) is 11.2 Å². The predicted molar refractivity (Wildman–Crippen MR) is 70.5 cm³/mol. The second-order valence-corrected chi connectivity index (χ2v) is 4.67. The highest BCUT2D eigenvalue weighted by atomic mass is 16.6. The van der Waals surface area contributed by atoms with Gasteiger partial charge in [-0.1, -0.05) is 5.92 Å². The predicted octanol–water partition coefficient (Wildman–Crippen LogP) is -1.98. The lowest BCUT2D eigenvalue weighted by molar-refractivity contribution is -0.0673. The molecule has 0 aromatic carbocycles. The van der Waals surface area contributed by atoms with Gasteiger partial charge in [0.1, 0.15) is 36.3 Å². The molecule has 2 aromatic rings. The van der Waals surface area contributed by atoms with Crippen LogP contribution < -0.4 is 5.73 Å². The molecule has 1 aliphatic heterocycles. The van der Waals surface area contributed by atoms with Crippen LogP contribution in [0.4, 0.5) is 5.82 Å². The van der Waals surface area contributed by atoms with Crippen molar-refractivity contribution in [2.75, 3.05) is 5.73 Å². The van der Waals surface area contributed by atoms with Gasteiger partial charge in [-0.2, -0.15) is 0 Å². The van der Waals surface area contributed by atoms with Gasteiger partial charge in [-0.15, -0.1) is 6.42 Å². The maximum Gasteiger partial charge on any atom is 0.167 e. The van der Waals surface area contributed by atoms with Gasteiger partial charge in [0.05, 0.1) is 6.33 Å². The number of terminal acetylenes is 1. The van der Waals surface area contributed by atoms with Crippen molar-refractivity contribution in [3.8, 4) is 12.3 Å². The van der Waals surface area contributed by atoms with E-state index in [-0.39, 0.29) is 5.82 Å². The highest BCUT2D eigenvalue weighted by molar-refractivity contribution is 5.81. The molecule has 1 unspecified atom stereocenters. The molecular weight excluding hydrogens is 278 g/mol. The van der Waals surface area contributed by atoms with Crippen molar-refractivity contribution in [3.05, 3.63) is 12.7 Å². The van der Waals surface area contributed by atoms with E-state index in [4.69, 9.17) is 16.9 Å². The zero-order valence-electron chi connectivity index (χ0n) is 10.7. The minimum atomic E-state index is -1.34. The van der Waals surface area contributed by atoms with Crippen LogP contribution in [-0.2, 0) is 4.74 Å². The highest BCUT2D eigenvalue weighted by Gasteiger charge is 2.47. The Hall–Kier alpha value is -2.25. The summed E-state index contributed by atoms with van der Waals surface area (Å²) in [5, 5.41) is 29.6. The number of ether oxygens (including phenoxy) is 1. The third-order valence-electron chi connectivity index (χ3n) is 3.42. The standard InChI is InChI=1S/C12H13N5O4/c1-2-5(18)9-7(19)8(20)12(21-9)17-4-16-6-10(13)14-3-15-11(6)17/h1,3-5,7-9,12,18-20H,(H2,13,14,15)/t5-,7+,8-,9-,12?/m1/s1. The molecule has 1 saturated heterocycles. The number of hydrogen-bond acceptors (Lipinski definition) is 8.